The van der Waals surface area contributed by atoms with Crippen molar-refractivity contribution in [3.8, 4) is 0 Å². The molecule has 24 heavy (non-hydrogen) atoms. The van der Waals surface area contributed by atoms with Gasteiger partial charge in [-0.2, -0.15) is 4.31 Å². The third-order valence-electron chi connectivity index (χ3n) is 4.50. The van der Waals surface area contributed by atoms with Gasteiger partial charge < -0.3 is 9.64 Å². The highest BCUT2D eigenvalue weighted by molar-refractivity contribution is 7.89. The number of piperidine rings is 1. The molecule has 0 aliphatic carbocycles. The Morgan fingerprint density at radius 1 is 1.29 bits per heavy atom. The number of sulfonamides is 1. The molecule has 9 heteroatoms. The second kappa shape index (κ2) is 6.89. The molecule has 0 bridgehead atoms. The highest BCUT2D eigenvalue weighted by atomic mass is 32.2. The molecule has 0 saturated carbocycles. The van der Waals surface area contributed by atoms with E-state index in [0.29, 0.717) is 38.6 Å². The summed E-state index contributed by atoms with van der Waals surface area (Å²) in [6.45, 7) is 4.27. The van der Waals surface area contributed by atoms with Gasteiger partial charge in [-0.25, -0.2) is 22.8 Å². The molecule has 0 amide bonds. The topological polar surface area (TPSA) is 75.6 Å². The molecule has 0 radical (unpaired) electrons. The van der Waals surface area contributed by atoms with Gasteiger partial charge in [0.25, 0.3) is 0 Å². The Morgan fingerprint density at radius 2 is 2.04 bits per heavy atom. The Hall–Kier alpha value is -1.32. The second-order valence-electron chi connectivity index (χ2n) is 6.41. The fraction of sp³-hybridized carbons (Fsp3) is 0.733. The maximum atomic E-state index is 13.0. The van der Waals surface area contributed by atoms with Crippen LogP contribution in [0.2, 0.25) is 0 Å². The molecule has 3 rings (SSSR count). The van der Waals surface area contributed by atoms with Crippen molar-refractivity contribution in [2.24, 2.45) is 0 Å². The summed E-state index contributed by atoms with van der Waals surface area (Å²) in [6, 6.07) is 0. The Labute approximate surface area is 141 Å². The van der Waals surface area contributed by atoms with Crippen molar-refractivity contribution in [2.45, 2.75) is 31.8 Å². The van der Waals surface area contributed by atoms with Gasteiger partial charge in [0.1, 0.15) is 0 Å². The van der Waals surface area contributed by atoms with Gasteiger partial charge in [0.05, 0.1) is 36.9 Å². The van der Waals surface area contributed by atoms with Gasteiger partial charge in [0, 0.05) is 19.6 Å². The van der Waals surface area contributed by atoms with E-state index in [2.05, 4.69) is 9.97 Å². The van der Waals surface area contributed by atoms with Gasteiger partial charge in [-0.15, -0.1) is 0 Å². The minimum absolute atomic E-state index is 0.161. The maximum Gasteiger partial charge on any atom is 0.225 e. The van der Waals surface area contributed by atoms with Gasteiger partial charge in [0.2, 0.25) is 16.0 Å². The molecule has 0 unspecified atom stereocenters. The fourth-order valence-electron chi connectivity index (χ4n) is 3.42. The predicted octanol–water partition coefficient (Wildman–Crippen LogP) is 1.03. The van der Waals surface area contributed by atoms with Crippen LogP contribution in [-0.2, 0) is 14.8 Å². The van der Waals surface area contributed by atoms with Crippen molar-refractivity contribution in [1.82, 2.24) is 14.3 Å². The Kier molecular flexibility index (Phi) is 5.03. The number of halogens is 1. The lowest BCUT2D eigenvalue weighted by molar-refractivity contribution is -0.0951. The number of hydrogen-bond donors (Lipinski definition) is 0. The third-order valence-corrected chi connectivity index (χ3v) is 6.52. The first-order valence-electron chi connectivity index (χ1n) is 8.28. The second-order valence-corrected chi connectivity index (χ2v) is 8.50. The highest BCUT2D eigenvalue weighted by Gasteiger charge is 2.43. The molecule has 1 aromatic heterocycles. The number of ether oxygens (including phenoxy) is 1. The lowest BCUT2D eigenvalue weighted by Crippen LogP contribution is -2.61. The van der Waals surface area contributed by atoms with E-state index in [1.54, 1.807) is 4.31 Å². The van der Waals surface area contributed by atoms with E-state index in [1.807, 2.05) is 11.8 Å². The van der Waals surface area contributed by atoms with Gasteiger partial charge in [-0.1, -0.05) is 6.92 Å². The van der Waals surface area contributed by atoms with E-state index < -0.39 is 21.4 Å². The van der Waals surface area contributed by atoms with Gasteiger partial charge in [0.15, 0.2) is 5.82 Å². The molecule has 0 aromatic carbocycles. The SMILES string of the molecule is CCCS(=O)(=O)N1CCO[C@@]2(CCCN(c3ncc(F)cn3)C2)C1. The number of rotatable bonds is 4. The van der Waals surface area contributed by atoms with E-state index >= 15 is 0 Å². The minimum atomic E-state index is -3.24. The summed E-state index contributed by atoms with van der Waals surface area (Å²) in [4.78, 5) is 10.0. The molecule has 1 atom stereocenters. The van der Waals surface area contributed by atoms with Crippen LogP contribution >= 0.6 is 0 Å². The van der Waals surface area contributed by atoms with Crippen LogP contribution in [0.3, 0.4) is 0 Å². The summed E-state index contributed by atoms with van der Waals surface area (Å²) in [5, 5.41) is 0. The summed E-state index contributed by atoms with van der Waals surface area (Å²) < 4.78 is 45.4. The summed E-state index contributed by atoms with van der Waals surface area (Å²) in [6.07, 6.45) is 4.53. The van der Waals surface area contributed by atoms with Crippen LogP contribution in [0, 0.1) is 5.82 Å². The van der Waals surface area contributed by atoms with Crippen molar-refractivity contribution in [1.29, 1.82) is 0 Å². The zero-order valence-electron chi connectivity index (χ0n) is 13.8. The van der Waals surface area contributed by atoms with Crippen LogP contribution in [0.25, 0.3) is 0 Å². The van der Waals surface area contributed by atoms with E-state index in [0.717, 1.165) is 31.8 Å². The van der Waals surface area contributed by atoms with E-state index in [-0.39, 0.29) is 5.75 Å². The molecular weight excluding hydrogens is 335 g/mol. The van der Waals surface area contributed by atoms with Crippen molar-refractivity contribution >= 4 is 16.0 Å². The average molecular weight is 358 g/mol. The van der Waals surface area contributed by atoms with Crippen LogP contribution in [0.4, 0.5) is 10.3 Å². The van der Waals surface area contributed by atoms with E-state index in [4.69, 9.17) is 4.74 Å². The van der Waals surface area contributed by atoms with Crippen molar-refractivity contribution in [3.05, 3.63) is 18.2 Å². The van der Waals surface area contributed by atoms with Gasteiger partial charge in [-0.3, -0.25) is 0 Å². The van der Waals surface area contributed by atoms with Crippen LogP contribution in [-0.4, -0.2) is 66.8 Å². The van der Waals surface area contributed by atoms with Crippen molar-refractivity contribution in [2.75, 3.05) is 43.4 Å². The summed E-state index contributed by atoms with van der Waals surface area (Å²) in [7, 11) is -3.24. The number of aromatic nitrogens is 2. The molecule has 1 spiro atoms. The Morgan fingerprint density at radius 3 is 2.75 bits per heavy atom. The third kappa shape index (κ3) is 3.68. The molecule has 2 saturated heterocycles. The van der Waals surface area contributed by atoms with Gasteiger partial charge in [-0.05, 0) is 19.3 Å². The first-order valence-corrected chi connectivity index (χ1v) is 9.89. The lowest BCUT2D eigenvalue weighted by atomic mass is 9.91. The first kappa shape index (κ1) is 17.5. The Bertz CT molecular complexity index is 666. The van der Waals surface area contributed by atoms with E-state index in [1.165, 1.54) is 0 Å². The van der Waals surface area contributed by atoms with Crippen molar-refractivity contribution in [3.63, 3.8) is 0 Å². The molecule has 134 valence electrons. The molecule has 2 aliphatic rings. The van der Waals surface area contributed by atoms with Crippen LogP contribution in [0.1, 0.15) is 26.2 Å². The molecule has 2 fully saturated rings. The molecular formula is C15H23FN4O3S. The maximum absolute atomic E-state index is 13.0. The zero-order valence-corrected chi connectivity index (χ0v) is 14.6. The van der Waals surface area contributed by atoms with Crippen LogP contribution in [0.15, 0.2) is 12.4 Å². The number of anilines is 1. The van der Waals surface area contributed by atoms with Gasteiger partial charge >= 0.3 is 0 Å². The number of hydrogen-bond acceptors (Lipinski definition) is 6. The monoisotopic (exact) mass is 358 g/mol. The molecule has 7 nitrogen and oxygen atoms in total. The normalized spacial score (nSPS) is 26.0. The minimum Gasteiger partial charge on any atom is -0.370 e. The molecule has 1 aromatic rings. The number of morpholine rings is 1. The molecule has 3 heterocycles. The smallest absolute Gasteiger partial charge is 0.225 e. The predicted molar refractivity (Wildman–Crippen MR) is 87.8 cm³/mol. The van der Waals surface area contributed by atoms with Crippen LogP contribution < -0.4 is 4.90 Å². The van der Waals surface area contributed by atoms with Crippen molar-refractivity contribution < 1.29 is 17.5 Å². The largest absolute Gasteiger partial charge is 0.370 e. The fourth-order valence-corrected chi connectivity index (χ4v) is 4.98. The van der Waals surface area contributed by atoms with Crippen LogP contribution in [0.5, 0.6) is 0 Å². The highest BCUT2D eigenvalue weighted by Crippen LogP contribution is 2.31. The molecule has 0 N–H and O–H groups in total. The zero-order chi connectivity index (χ0) is 17.2. The number of nitrogens with zero attached hydrogens (tertiary/aromatic N) is 4. The van der Waals surface area contributed by atoms with E-state index in [9.17, 15) is 12.8 Å². The Balaban J connectivity index is 1.76. The summed E-state index contributed by atoms with van der Waals surface area (Å²) >= 11 is 0. The standard InChI is InChI=1S/C15H23FN4O3S/c1-2-8-24(21,22)20-6-7-23-15(12-20)4-3-5-19(11-15)14-17-9-13(16)10-18-14/h9-10H,2-8,11-12H2,1H3/t15-/m1/s1. The summed E-state index contributed by atoms with van der Waals surface area (Å²) in [5.74, 6) is 0.136. The molecule has 2 aliphatic heterocycles. The first-order chi connectivity index (χ1) is 11.4. The quantitative estimate of drug-likeness (QED) is 0.800. The summed E-state index contributed by atoms with van der Waals surface area (Å²) in [5.41, 5.74) is -0.547. The lowest BCUT2D eigenvalue weighted by Gasteiger charge is -2.47. The average Bonchev–Trinajstić information content (AvgIpc) is 2.55.